The van der Waals surface area contributed by atoms with Crippen LogP contribution < -0.4 is 0 Å². The third-order valence-electron chi connectivity index (χ3n) is 1.91. The number of carbonyl (C=O) groups excluding carboxylic acids is 2. The van der Waals surface area contributed by atoms with Gasteiger partial charge in [0.2, 0.25) is 6.29 Å². The Hall–Kier alpha value is -1.16. The Bertz CT molecular complexity index is 278. The van der Waals surface area contributed by atoms with Gasteiger partial charge in [-0.15, -0.1) is 0 Å². The summed E-state index contributed by atoms with van der Waals surface area (Å²) in [5.41, 5.74) is 0.581. The number of hydrogen-bond donors (Lipinski definition) is 0. The predicted molar refractivity (Wildman–Crippen MR) is 49.4 cm³/mol. The first-order valence-electron chi connectivity index (χ1n) is 4.54. The topological polar surface area (TPSA) is 52.6 Å². The van der Waals surface area contributed by atoms with Gasteiger partial charge >= 0.3 is 5.97 Å². The molecule has 1 rings (SSSR count). The maximum atomic E-state index is 11.2. The summed E-state index contributed by atoms with van der Waals surface area (Å²) in [6.07, 6.45) is 0.814. The Labute approximate surface area is 82.9 Å². The molecule has 0 spiro atoms. The first-order chi connectivity index (χ1) is 6.50. The van der Waals surface area contributed by atoms with E-state index in [2.05, 4.69) is 0 Å². The van der Waals surface area contributed by atoms with Crippen molar-refractivity contribution >= 4 is 11.8 Å². The molecule has 14 heavy (non-hydrogen) atoms. The van der Waals surface area contributed by atoms with Crippen LogP contribution in [0.25, 0.3) is 0 Å². The zero-order valence-electron chi connectivity index (χ0n) is 8.57. The molecule has 1 heterocycles. The minimum absolute atomic E-state index is 0.0155. The molecule has 0 amide bonds. The van der Waals surface area contributed by atoms with E-state index in [-0.39, 0.29) is 24.3 Å². The lowest BCUT2D eigenvalue weighted by Gasteiger charge is -2.20. The maximum absolute atomic E-state index is 11.2. The Balaban J connectivity index is 2.56. The summed E-state index contributed by atoms with van der Waals surface area (Å²) in [4.78, 5) is 22.2. The number of rotatable bonds is 2. The van der Waals surface area contributed by atoms with Gasteiger partial charge in [-0.2, -0.15) is 0 Å². The van der Waals surface area contributed by atoms with Gasteiger partial charge in [0.15, 0.2) is 5.78 Å². The van der Waals surface area contributed by atoms with E-state index in [0.29, 0.717) is 5.57 Å². The van der Waals surface area contributed by atoms with Crippen molar-refractivity contribution in [3.63, 3.8) is 0 Å². The zero-order chi connectivity index (χ0) is 10.7. The second-order valence-corrected chi connectivity index (χ2v) is 3.54. The van der Waals surface area contributed by atoms with Crippen LogP contribution in [-0.4, -0.2) is 24.6 Å². The Kier molecular flexibility index (Phi) is 3.41. The average molecular weight is 198 g/mol. The van der Waals surface area contributed by atoms with E-state index in [0.717, 1.165) is 0 Å². The van der Waals surface area contributed by atoms with E-state index >= 15 is 0 Å². The van der Waals surface area contributed by atoms with E-state index in [1.54, 1.807) is 20.8 Å². The van der Waals surface area contributed by atoms with Gasteiger partial charge in [-0.05, 0) is 18.6 Å². The molecular weight excluding hydrogens is 184 g/mol. The summed E-state index contributed by atoms with van der Waals surface area (Å²) in [5, 5.41) is 0. The fourth-order valence-corrected chi connectivity index (χ4v) is 0.935. The fraction of sp³-hybridized carbons (Fsp3) is 0.600. The fourth-order valence-electron chi connectivity index (χ4n) is 0.935. The van der Waals surface area contributed by atoms with Crippen LogP contribution in [0.2, 0.25) is 0 Å². The second kappa shape index (κ2) is 4.37. The zero-order valence-corrected chi connectivity index (χ0v) is 8.57. The van der Waals surface area contributed by atoms with E-state index in [4.69, 9.17) is 9.47 Å². The summed E-state index contributed by atoms with van der Waals surface area (Å²) >= 11 is 0. The number of carbonyl (C=O) groups is 2. The highest BCUT2D eigenvalue weighted by molar-refractivity contribution is 5.96. The SMILES string of the molecule is CC1=C[C@H](OC(=O)C(C)C)OCC1=O. The molecule has 78 valence electrons. The molecule has 0 aromatic carbocycles. The van der Waals surface area contributed by atoms with E-state index in [1.807, 2.05) is 0 Å². The predicted octanol–water partition coefficient (Wildman–Crippen LogP) is 1.06. The second-order valence-electron chi connectivity index (χ2n) is 3.54. The summed E-state index contributed by atoms with van der Waals surface area (Å²) in [7, 11) is 0. The third-order valence-corrected chi connectivity index (χ3v) is 1.91. The van der Waals surface area contributed by atoms with Gasteiger partial charge in [0.1, 0.15) is 6.61 Å². The van der Waals surface area contributed by atoms with Crippen molar-refractivity contribution in [3.8, 4) is 0 Å². The summed E-state index contributed by atoms with van der Waals surface area (Å²) in [6.45, 7) is 5.15. The molecule has 1 aliphatic heterocycles. The molecule has 0 saturated heterocycles. The van der Waals surface area contributed by atoms with Crippen LogP contribution in [0.3, 0.4) is 0 Å². The number of Topliss-reactive ketones (excluding diaryl/α,β-unsaturated/α-hetero) is 1. The summed E-state index contributed by atoms with van der Waals surface area (Å²) < 4.78 is 9.99. The molecule has 0 aliphatic carbocycles. The average Bonchev–Trinajstić information content (AvgIpc) is 2.11. The largest absolute Gasteiger partial charge is 0.432 e. The molecule has 0 fully saturated rings. The molecule has 0 aromatic heterocycles. The van der Waals surface area contributed by atoms with Crippen LogP contribution in [0.15, 0.2) is 11.6 Å². The molecule has 1 atom stereocenters. The lowest BCUT2D eigenvalue weighted by Crippen LogP contribution is -2.29. The van der Waals surface area contributed by atoms with Gasteiger partial charge < -0.3 is 9.47 Å². The molecular formula is C10H14O4. The van der Waals surface area contributed by atoms with Crippen molar-refractivity contribution in [2.75, 3.05) is 6.61 Å². The highest BCUT2D eigenvalue weighted by atomic mass is 16.7. The van der Waals surface area contributed by atoms with Crippen molar-refractivity contribution in [1.29, 1.82) is 0 Å². The Morgan fingerprint density at radius 3 is 2.79 bits per heavy atom. The quantitative estimate of drug-likeness (QED) is 0.622. The first kappa shape index (κ1) is 10.9. The molecule has 0 aromatic rings. The minimum atomic E-state index is -0.706. The lowest BCUT2D eigenvalue weighted by atomic mass is 10.1. The molecule has 4 nitrogen and oxygen atoms in total. The van der Waals surface area contributed by atoms with Crippen LogP contribution >= 0.6 is 0 Å². The molecule has 4 heteroatoms. The van der Waals surface area contributed by atoms with Gasteiger partial charge in [0.25, 0.3) is 0 Å². The van der Waals surface area contributed by atoms with Crippen molar-refractivity contribution < 1.29 is 19.1 Å². The third kappa shape index (κ3) is 2.67. The van der Waals surface area contributed by atoms with Crippen molar-refractivity contribution in [1.82, 2.24) is 0 Å². The van der Waals surface area contributed by atoms with Gasteiger partial charge in [-0.25, -0.2) is 0 Å². The highest BCUT2D eigenvalue weighted by Crippen LogP contribution is 2.12. The number of ether oxygens (including phenoxy) is 2. The smallest absolute Gasteiger partial charge is 0.310 e. The van der Waals surface area contributed by atoms with Crippen molar-refractivity contribution in [2.24, 2.45) is 5.92 Å². The van der Waals surface area contributed by atoms with Crippen LogP contribution in [0, 0.1) is 5.92 Å². The number of ketones is 1. The van der Waals surface area contributed by atoms with Crippen molar-refractivity contribution in [2.45, 2.75) is 27.1 Å². The van der Waals surface area contributed by atoms with Crippen LogP contribution in [0.5, 0.6) is 0 Å². The molecule has 0 N–H and O–H groups in total. The van der Waals surface area contributed by atoms with E-state index < -0.39 is 6.29 Å². The van der Waals surface area contributed by atoms with Gasteiger partial charge in [0, 0.05) is 0 Å². The maximum Gasteiger partial charge on any atom is 0.310 e. The molecule has 0 saturated carbocycles. The summed E-state index contributed by atoms with van der Waals surface area (Å²) in [6, 6.07) is 0. The van der Waals surface area contributed by atoms with Crippen LogP contribution in [0.4, 0.5) is 0 Å². The molecule has 0 radical (unpaired) electrons. The Morgan fingerprint density at radius 2 is 2.29 bits per heavy atom. The number of esters is 1. The van der Waals surface area contributed by atoms with E-state index in [9.17, 15) is 9.59 Å². The first-order valence-corrected chi connectivity index (χ1v) is 4.54. The Morgan fingerprint density at radius 1 is 1.64 bits per heavy atom. The molecule has 1 aliphatic rings. The number of hydrogen-bond acceptors (Lipinski definition) is 4. The lowest BCUT2D eigenvalue weighted by molar-refractivity contribution is -0.175. The van der Waals surface area contributed by atoms with Gasteiger partial charge in [0.05, 0.1) is 5.92 Å². The van der Waals surface area contributed by atoms with Crippen LogP contribution in [0.1, 0.15) is 20.8 Å². The minimum Gasteiger partial charge on any atom is -0.432 e. The van der Waals surface area contributed by atoms with Crippen molar-refractivity contribution in [3.05, 3.63) is 11.6 Å². The van der Waals surface area contributed by atoms with Crippen LogP contribution in [-0.2, 0) is 19.1 Å². The normalized spacial score (nSPS) is 22.1. The van der Waals surface area contributed by atoms with E-state index in [1.165, 1.54) is 6.08 Å². The standard InChI is InChI=1S/C10H14O4/c1-6(2)10(12)14-9-4-7(3)8(11)5-13-9/h4,6,9H,5H2,1-3H3/t9-/m0/s1. The highest BCUT2D eigenvalue weighted by Gasteiger charge is 2.22. The van der Waals surface area contributed by atoms with Gasteiger partial charge in [-0.3, -0.25) is 9.59 Å². The molecule has 0 bridgehead atoms. The summed E-state index contributed by atoms with van der Waals surface area (Å²) in [5.74, 6) is -0.583. The molecule has 0 unspecified atom stereocenters. The monoisotopic (exact) mass is 198 g/mol. The van der Waals surface area contributed by atoms with Gasteiger partial charge in [-0.1, -0.05) is 13.8 Å².